The van der Waals surface area contributed by atoms with Crippen LogP contribution in [0.1, 0.15) is 16.8 Å². The summed E-state index contributed by atoms with van der Waals surface area (Å²) in [6, 6.07) is 15.8. The highest BCUT2D eigenvalue weighted by Crippen LogP contribution is 2.53. The van der Waals surface area contributed by atoms with E-state index in [0.29, 0.717) is 17.0 Å². The van der Waals surface area contributed by atoms with Crippen LogP contribution in [0.5, 0.6) is 5.75 Å². The number of rotatable bonds is 5. The molecule has 2 aliphatic carbocycles. The molecule has 3 aliphatic rings. The van der Waals surface area contributed by atoms with E-state index in [1.54, 1.807) is 48.5 Å². The topological polar surface area (TPSA) is 63.7 Å². The van der Waals surface area contributed by atoms with Crippen molar-refractivity contribution in [2.45, 2.75) is 6.42 Å². The summed E-state index contributed by atoms with van der Waals surface area (Å²) in [6.07, 6.45) is 5.07. The normalized spacial score (nSPS) is 27.4. The highest BCUT2D eigenvalue weighted by molar-refractivity contribution is 6.22. The van der Waals surface area contributed by atoms with Crippen LogP contribution in [0.25, 0.3) is 0 Å². The summed E-state index contributed by atoms with van der Waals surface area (Å²) in [4.78, 5) is 39.4. The van der Waals surface area contributed by atoms with E-state index >= 15 is 0 Å². The number of nitrogens with zero attached hydrogens (tertiary/aromatic N) is 1. The molecule has 2 bridgehead atoms. The molecule has 2 amide bonds. The molecular formula is C23H19NO4. The largest absolute Gasteiger partial charge is 0.485 e. The molecule has 0 spiro atoms. The summed E-state index contributed by atoms with van der Waals surface area (Å²) in [5.74, 6) is -0.0111. The number of carbonyl (C=O) groups is 3. The number of benzene rings is 2. The first-order valence-corrected chi connectivity index (χ1v) is 9.51. The first-order valence-electron chi connectivity index (χ1n) is 9.51. The van der Waals surface area contributed by atoms with Crippen molar-refractivity contribution >= 4 is 23.3 Å². The summed E-state index contributed by atoms with van der Waals surface area (Å²) in [5, 5.41) is 0. The predicted molar refractivity (Wildman–Crippen MR) is 103 cm³/mol. The number of imide groups is 1. The number of hydrogen-bond acceptors (Lipinski definition) is 4. The lowest BCUT2D eigenvalue weighted by Crippen LogP contribution is -2.32. The standard InChI is InChI=1S/C23H19NO4/c25-19(14-5-2-1-3-6-14)13-28-18-8-4-7-17(12-18)24-22(26)20-15-9-10-16(11-15)21(20)23(24)27/h1-10,12,15-16,20-21H,11,13H2. The lowest BCUT2D eigenvalue weighted by atomic mass is 9.85. The van der Waals surface area contributed by atoms with E-state index in [0.717, 1.165) is 6.42 Å². The van der Waals surface area contributed by atoms with Gasteiger partial charge in [-0.3, -0.25) is 14.4 Å². The fourth-order valence-electron chi connectivity index (χ4n) is 4.73. The molecule has 2 fully saturated rings. The van der Waals surface area contributed by atoms with E-state index in [1.807, 2.05) is 6.07 Å². The maximum Gasteiger partial charge on any atom is 0.238 e. The Kier molecular flexibility index (Phi) is 3.90. The van der Waals surface area contributed by atoms with Crippen LogP contribution >= 0.6 is 0 Å². The number of fused-ring (bicyclic) bond motifs is 5. The van der Waals surface area contributed by atoms with Gasteiger partial charge in [0.25, 0.3) is 0 Å². The average Bonchev–Trinajstić information content (AvgIpc) is 3.41. The third kappa shape index (κ3) is 2.58. The van der Waals surface area contributed by atoms with Crippen LogP contribution in [0, 0.1) is 23.7 Å². The molecule has 0 N–H and O–H groups in total. The Bertz CT molecular complexity index is 967. The fraction of sp³-hybridized carbons (Fsp3) is 0.261. The fourth-order valence-corrected chi connectivity index (χ4v) is 4.73. The van der Waals surface area contributed by atoms with Crippen LogP contribution < -0.4 is 9.64 Å². The Morgan fingerprint density at radius 3 is 2.29 bits per heavy atom. The molecule has 4 atom stereocenters. The molecular weight excluding hydrogens is 354 g/mol. The van der Waals surface area contributed by atoms with Crippen LogP contribution in [0.2, 0.25) is 0 Å². The molecule has 2 aromatic rings. The van der Waals surface area contributed by atoms with Gasteiger partial charge >= 0.3 is 0 Å². The van der Waals surface area contributed by atoms with Gasteiger partial charge in [-0.2, -0.15) is 0 Å². The Balaban J connectivity index is 1.33. The van der Waals surface area contributed by atoms with Crippen LogP contribution in [-0.2, 0) is 9.59 Å². The van der Waals surface area contributed by atoms with Crippen molar-refractivity contribution in [3.8, 4) is 5.75 Å². The Labute approximate surface area is 162 Å². The van der Waals surface area contributed by atoms with E-state index in [-0.39, 0.29) is 47.9 Å². The number of amides is 2. The first-order chi connectivity index (χ1) is 13.6. The molecule has 2 aromatic carbocycles. The van der Waals surface area contributed by atoms with Gasteiger partial charge in [0.15, 0.2) is 12.4 Å². The summed E-state index contributed by atoms with van der Waals surface area (Å²) in [6.45, 7) is -0.103. The Morgan fingerprint density at radius 2 is 1.61 bits per heavy atom. The molecule has 1 aliphatic heterocycles. The van der Waals surface area contributed by atoms with Gasteiger partial charge in [0.05, 0.1) is 17.5 Å². The number of hydrogen-bond donors (Lipinski definition) is 0. The van der Waals surface area contributed by atoms with Crippen molar-refractivity contribution in [2.24, 2.45) is 23.7 Å². The van der Waals surface area contributed by atoms with Gasteiger partial charge in [-0.15, -0.1) is 0 Å². The smallest absolute Gasteiger partial charge is 0.238 e. The van der Waals surface area contributed by atoms with Crippen LogP contribution in [-0.4, -0.2) is 24.2 Å². The monoisotopic (exact) mass is 373 g/mol. The zero-order valence-electron chi connectivity index (χ0n) is 15.2. The lowest BCUT2D eigenvalue weighted by molar-refractivity contribution is -0.123. The van der Waals surface area contributed by atoms with Crippen molar-refractivity contribution in [2.75, 3.05) is 11.5 Å². The molecule has 140 valence electrons. The second kappa shape index (κ2) is 6.44. The number of anilines is 1. The molecule has 5 nitrogen and oxygen atoms in total. The third-order valence-corrected chi connectivity index (χ3v) is 6.01. The van der Waals surface area contributed by atoms with Gasteiger partial charge < -0.3 is 4.74 Å². The van der Waals surface area contributed by atoms with Gasteiger partial charge in [0.1, 0.15) is 5.75 Å². The minimum Gasteiger partial charge on any atom is -0.485 e. The van der Waals surface area contributed by atoms with Crippen LogP contribution in [0.15, 0.2) is 66.7 Å². The quantitative estimate of drug-likeness (QED) is 0.458. The number of allylic oxidation sites excluding steroid dienone is 2. The third-order valence-electron chi connectivity index (χ3n) is 6.01. The van der Waals surface area contributed by atoms with E-state index in [2.05, 4.69) is 12.2 Å². The number of ketones is 1. The van der Waals surface area contributed by atoms with E-state index in [9.17, 15) is 14.4 Å². The van der Waals surface area contributed by atoms with E-state index in [4.69, 9.17) is 4.74 Å². The zero-order chi connectivity index (χ0) is 19.3. The van der Waals surface area contributed by atoms with E-state index in [1.165, 1.54) is 4.90 Å². The summed E-state index contributed by atoms with van der Waals surface area (Å²) >= 11 is 0. The van der Waals surface area contributed by atoms with E-state index < -0.39 is 0 Å². The minimum absolute atomic E-state index is 0.103. The van der Waals surface area contributed by atoms with Gasteiger partial charge in [-0.1, -0.05) is 48.6 Å². The maximum atomic E-state index is 12.9. The summed E-state index contributed by atoms with van der Waals surface area (Å²) in [5.41, 5.74) is 1.09. The van der Waals surface area contributed by atoms with Crippen molar-refractivity contribution in [3.63, 3.8) is 0 Å². The van der Waals surface area contributed by atoms with Crippen LogP contribution in [0.3, 0.4) is 0 Å². The first kappa shape index (κ1) is 16.9. The molecule has 1 saturated heterocycles. The van der Waals surface area contributed by atoms with Gasteiger partial charge in [-0.05, 0) is 30.4 Å². The van der Waals surface area contributed by atoms with Crippen molar-refractivity contribution in [1.82, 2.24) is 0 Å². The average molecular weight is 373 g/mol. The molecule has 1 heterocycles. The second-order valence-electron chi connectivity index (χ2n) is 7.59. The van der Waals surface area contributed by atoms with Gasteiger partial charge in [0, 0.05) is 11.6 Å². The molecule has 0 radical (unpaired) electrons. The molecule has 28 heavy (non-hydrogen) atoms. The number of carbonyl (C=O) groups excluding carboxylic acids is 3. The van der Waals surface area contributed by atoms with Crippen molar-refractivity contribution < 1.29 is 19.1 Å². The molecule has 5 heteroatoms. The zero-order valence-corrected chi connectivity index (χ0v) is 15.2. The second-order valence-corrected chi connectivity index (χ2v) is 7.59. The maximum absolute atomic E-state index is 12.9. The lowest BCUT2D eigenvalue weighted by Gasteiger charge is -2.18. The SMILES string of the molecule is O=C(COc1cccc(N2C(=O)C3C4C=CC(C4)C3C2=O)c1)c1ccccc1. The van der Waals surface area contributed by atoms with Gasteiger partial charge in [-0.25, -0.2) is 4.90 Å². The highest BCUT2D eigenvalue weighted by Gasteiger charge is 2.59. The van der Waals surface area contributed by atoms with Crippen molar-refractivity contribution in [1.29, 1.82) is 0 Å². The molecule has 5 rings (SSSR count). The molecule has 0 aromatic heterocycles. The highest BCUT2D eigenvalue weighted by atomic mass is 16.5. The molecule has 1 saturated carbocycles. The van der Waals surface area contributed by atoms with Crippen LogP contribution in [0.4, 0.5) is 5.69 Å². The minimum atomic E-state index is -0.230. The Morgan fingerprint density at radius 1 is 0.929 bits per heavy atom. The van der Waals surface area contributed by atoms with Gasteiger partial charge in [0.2, 0.25) is 11.8 Å². The number of Topliss-reactive ketones (excluding diaryl/α,β-unsaturated/α-hetero) is 1. The molecule has 4 unspecified atom stereocenters. The summed E-state index contributed by atoms with van der Waals surface area (Å²) < 4.78 is 5.63. The van der Waals surface area contributed by atoms with Crippen molar-refractivity contribution in [3.05, 3.63) is 72.3 Å². The Hall–Kier alpha value is -3.21. The summed E-state index contributed by atoms with van der Waals surface area (Å²) in [7, 11) is 0. The predicted octanol–water partition coefficient (Wildman–Crippen LogP) is 3.26. The number of ether oxygens (including phenoxy) is 1.